The smallest absolute Gasteiger partial charge is 0.455 e. The Morgan fingerprint density at radius 1 is 0.971 bits per heavy atom. The zero-order chi connectivity index (χ0) is 24.5. The van der Waals surface area contributed by atoms with Gasteiger partial charge in [0.1, 0.15) is 12.3 Å². The molecule has 0 spiro atoms. The van der Waals surface area contributed by atoms with Crippen LogP contribution in [-0.2, 0) is 21.2 Å². The second-order valence-corrected chi connectivity index (χ2v) is 9.15. The fourth-order valence-corrected chi connectivity index (χ4v) is 4.05. The zero-order valence-corrected chi connectivity index (χ0v) is 18.1. The van der Waals surface area contributed by atoms with Gasteiger partial charge in [-0.3, -0.25) is 9.78 Å². The summed E-state index contributed by atoms with van der Waals surface area (Å²) in [4.78, 5) is 30.5. The lowest BCUT2D eigenvalue weighted by molar-refractivity contribution is -0.116. The summed E-state index contributed by atoms with van der Waals surface area (Å²) in [5.41, 5.74) is -4.93. The van der Waals surface area contributed by atoms with E-state index >= 15 is 0 Å². The van der Waals surface area contributed by atoms with Gasteiger partial charge in [0.2, 0.25) is 0 Å². The molecule has 1 aromatic heterocycles. The van der Waals surface area contributed by atoms with Crippen molar-refractivity contribution in [2.45, 2.75) is 16.9 Å². The number of urea groups is 1. The molecule has 3 aromatic rings. The van der Waals surface area contributed by atoms with Crippen molar-refractivity contribution < 1.29 is 35.9 Å². The molecule has 12 heteroatoms. The number of nitrogens with zero attached hydrogens (tertiary/aromatic N) is 3. The van der Waals surface area contributed by atoms with Gasteiger partial charge in [-0.1, -0.05) is 18.2 Å². The number of imide groups is 1. The highest BCUT2D eigenvalue weighted by atomic mass is 32.2. The van der Waals surface area contributed by atoms with E-state index in [0.29, 0.717) is 29.2 Å². The van der Waals surface area contributed by atoms with Gasteiger partial charge < -0.3 is 9.64 Å². The number of halogens is 3. The molecule has 34 heavy (non-hydrogen) atoms. The normalized spacial score (nSPS) is 14.6. The van der Waals surface area contributed by atoms with E-state index < -0.39 is 32.2 Å². The number of amides is 3. The fourth-order valence-electron chi connectivity index (χ4n) is 3.29. The van der Waals surface area contributed by atoms with E-state index in [1.54, 1.807) is 30.3 Å². The van der Waals surface area contributed by atoms with Crippen LogP contribution < -0.4 is 9.64 Å². The summed E-state index contributed by atoms with van der Waals surface area (Å²) in [5, 5.41) is 0. The van der Waals surface area contributed by atoms with Crippen molar-refractivity contribution in [2.75, 3.05) is 11.4 Å². The van der Waals surface area contributed by atoms with Crippen LogP contribution in [0.4, 0.5) is 23.7 Å². The van der Waals surface area contributed by atoms with Crippen molar-refractivity contribution in [2.24, 2.45) is 0 Å². The third-order valence-corrected chi connectivity index (χ3v) is 6.45. The SMILES string of the molecule is O=C1CN(Cc2ccncc2Oc2ccccc2)C(=O)N1c1ccc(S(=O)(=O)C(F)(F)F)cc1. The quantitative estimate of drug-likeness (QED) is 0.481. The lowest BCUT2D eigenvalue weighted by Crippen LogP contribution is -2.33. The number of ether oxygens (including phenoxy) is 1. The molecule has 0 saturated carbocycles. The van der Waals surface area contributed by atoms with E-state index in [1.807, 2.05) is 6.07 Å². The maximum absolute atomic E-state index is 12.9. The maximum Gasteiger partial charge on any atom is 0.501 e. The predicted octanol–water partition coefficient (Wildman–Crippen LogP) is 4.14. The second kappa shape index (κ2) is 8.78. The van der Waals surface area contributed by atoms with Crippen LogP contribution in [0.2, 0.25) is 0 Å². The van der Waals surface area contributed by atoms with Crippen LogP contribution in [0.5, 0.6) is 11.5 Å². The first-order chi connectivity index (χ1) is 16.1. The van der Waals surface area contributed by atoms with E-state index in [1.165, 1.54) is 17.3 Å². The van der Waals surface area contributed by atoms with Crippen LogP contribution in [0.3, 0.4) is 0 Å². The zero-order valence-electron chi connectivity index (χ0n) is 17.3. The minimum Gasteiger partial charge on any atom is -0.455 e. The van der Waals surface area contributed by atoms with E-state index in [-0.39, 0.29) is 18.8 Å². The van der Waals surface area contributed by atoms with Gasteiger partial charge in [0, 0.05) is 11.8 Å². The van der Waals surface area contributed by atoms with Crippen molar-refractivity contribution in [1.82, 2.24) is 9.88 Å². The van der Waals surface area contributed by atoms with Gasteiger partial charge in [0.15, 0.2) is 5.75 Å². The summed E-state index contributed by atoms with van der Waals surface area (Å²) in [6.07, 6.45) is 2.98. The minimum absolute atomic E-state index is 0.00625. The molecule has 8 nitrogen and oxygen atoms in total. The van der Waals surface area contributed by atoms with Gasteiger partial charge in [-0.05, 0) is 42.5 Å². The van der Waals surface area contributed by atoms with Crippen molar-refractivity contribution in [3.8, 4) is 11.5 Å². The third-order valence-electron chi connectivity index (χ3n) is 4.95. The van der Waals surface area contributed by atoms with E-state index in [0.717, 1.165) is 17.0 Å². The molecule has 2 aromatic carbocycles. The lowest BCUT2D eigenvalue weighted by Gasteiger charge is -2.19. The molecule has 4 rings (SSSR count). The highest BCUT2D eigenvalue weighted by Gasteiger charge is 2.47. The number of alkyl halides is 3. The van der Waals surface area contributed by atoms with Crippen LogP contribution in [0.1, 0.15) is 5.56 Å². The van der Waals surface area contributed by atoms with E-state index in [9.17, 15) is 31.2 Å². The third kappa shape index (κ3) is 4.44. The molecule has 176 valence electrons. The number of carbonyl (C=O) groups excluding carboxylic acids is 2. The molecule has 2 heterocycles. The number of anilines is 1. The highest BCUT2D eigenvalue weighted by Crippen LogP contribution is 2.32. The minimum atomic E-state index is -5.54. The van der Waals surface area contributed by atoms with Crippen LogP contribution in [0.15, 0.2) is 78.0 Å². The molecular formula is C22H16F3N3O5S. The van der Waals surface area contributed by atoms with Gasteiger partial charge in [0.05, 0.1) is 23.3 Å². The Morgan fingerprint density at radius 2 is 1.65 bits per heavy atom. The molecule has 3 amide bonds. The summed E-state index contributed by atoms with van der Waals surface area (Å²) >= 11 is 0. The first-order valence-corrected chi connectivity index (χ1v) is 11.3. The second-order valence-electron chi connectivity index (χ2n) is 7.21. The molecule has 0 N–H and O–H groups in total. The van der Waals surface area contributed by atoms with Crippen LogP contribution in [0.25, 0.3) is 0 Å². The molecule has 1 aliphatic heterocycles. The van der Waals surface area contributed by atoms with E-state index in [2.05, 4.69) is 4.98 Å². The average molecular weight is 491 g/mol. The van der Waals surface area contributed by atoms with Crippen molar-refractivity contribution in [3.63, 3.8) is 0 Å². The average Bonchev–Trinajstić information content (AvgIpc) is 3.08. The number of aromatic nitrogens is 1. The molecule has 0 atom stereocenters. The number of hydrogen-bond acceptors (Lipinski definition) is 6. The first-order valence-electron chi connectivity index (χ1n) is 9.77. The molecule has 1 aliphatic rings. The number of carbonyl (C=O) groups is 2. The number of sulfone groups is 1. The lowest BCUT2D eigenvalue weighted by atomic mass is 10.2. The van der Waals surface area contributed by atoms with Crippen molar-refractivity contribution in [3.05, 3.63) is 78.6 Å². The summed E-state index contributed by atoms with van der Waals surface area (Å²) in [6, 6.07) is 13.2. The summed E-state index contributed by atoms with van der Waals surface area (Å²) in [5.74, 6) is 0.321. The van der Waals surface area contributed by atoms with Gasteiger partial charge in [-0.15, -0.1) is 0 Å². The van der Waals surface area contributed by atoms with Crippen molar-refractivity contribution >= 4 is 27.5 Å². The van der Waals surface area contributed by atoms with Crippen LogP contribution in [-0.4, -0.2) is 42.3 Å². The van der Waals surface area contributed by atoms with Crippen LogP contribution >= 0.6 is 0 Å². The topological polar surface area (TPSA) is 96.9 Å². The fraction of sp³-hybridized carbons (Fsp3) is 0.136. The van der Waals surface area contributed by atoms with Gasteiger partial charge in [-0.25, -0.2) is 18.1 Å². The van der Waals surface area contributed by atoms with Gasteiger partial charge >= 0.3 is 11.5 Å². The molecular weight excluding hydrogens is 475 g/mol. The molecule has 0 unspecified atom stereocenters. The molecule has 1 fully saturated rings. The number of rotatable bonds is 6. The Hall–Kier alpha value is -3.93. The van der Waals surface area contributed by atoms with Crippen LogP contribution in [0, 0.1) is 0 Å². The monoisotopic (exact) mass is 491 g/mol. The number of hydrogen-bond donors (Lipinski definition) is 0. The number of para-hydroxylation sites is 1. The molecule has 0 radical (unpaired) electrons. The Kier molecular flexibility index (Phi) is 6.00. The largest absolute Gasteiger partial charge is 0.501 e. The maximum atomic E-state index is 12.9. The Morgan fingerprint density at radius 3 is 2.29 bits per heavy atom. The summed E-state index contributed by atoms with van der Waals surface area (Å²) < 4.78 is 67.1. The Balaban J connectivity index is 1.53. The number of benzene rings is 2. The summed E-state index contributed by atoms with van der Waals surface area (Å²) in [7, 11) is -5.54. The van der Waals surface area contributed by atoms with Gasteiger partial charge in [-0.2, -0.15) is 13.2 Å². The Bertz CT molecular complexity index is 1330. The van der Waals surface area contributed by atoms with Gasteiger partial charge in [0.25, 0.3) is 15.7 Å². The van der Waals surface area contributed by atoms with E-state index in [4.69, 9.17) is 4.74 Å². The standard InChI is InChI=1S/C22H16F3N3O5S/c23-22(24,25)34(31,32)18-8-6-16(7-9-18)28-20(29)14-27(21(28)30)13-15-10-11-26-12-19(15)33-17-4-2-1-3-5-17/h1-12H,13-14H2. The predicted molar refractivity (Wildman–Crippen MR) is 114 cm³/mol. The summed E-state index contributed by atoms with van der Waals surface area (Å²) in [6.45, 7) is -0.277. The molecule has 0 bridgehead atoms. The molecule has 1 saturated heterocycles. The molecule has 0 aliphatic carbocycles. The van der Waals surface area contributed by atoms with Crippen molar-refractivity contribution in [1.29, 1.82) is 0 Å². The Labute approximate surface area is 192 Å². The highest BCUT2D eigenvalue weighted by molar-refractivity contribution is 7.92. The first kappa shape index (κ1) is 23.2. The number of pyridine rings is 1.